The number of benzene rings is 1. The Morgan fingerprint density at radius 3 is 2.68 bits per heavy atom. The molecule has 0 saturated carbocycles. The Hall–Kier alpha value is -1.88. The Labute approximate surface area is 132 Å². The maximum absolute atomic E-state index is 11.6. The summed E-state index contributed by atoms with van der Waals surface area (Å²) in [4.78, 5) is 24.7. The van der Waals surface area contributed by atoms with Gasteiger partial charge in [0.2, 0.25) is 11.8 Å². The number of carbonyl (C=O) groups is 2. The molecule has 1 aromatic rings. The van der Waals surface area contributed by atoms with Crippen molar-refractivity contribution in [3.8, 4) is 0 Å². The summed E-state index contributed by atoms with van der Waals surface area (Å²) in [5.41, 5.74) is 2.89. The lowest BCUT2D eigenvalue weighted by Crippen LogP contribution is -2.34. The van der Waals surface area contributed by atoms with E-state index in [1.807, 2.05) is 0 Å². The number of carbonyl (C=O) groups excluding carboxylic acids is 2. The zero-order chi connectivity index (χ0) is 15.8. The van der Waals surface area contributed by atoms with Crippen LogP contribution in [-0.2, 0) is 22.6 Å². The fourth-order valence-electron chi connectivity index (χ4n) is 2.72. The van der Waals surface area contributed by atoms with Crippen molar-refractivity contribution in [3.05, 3.63) is 35.4 Å². The minimum Gasteiger partial charge on any atom is -0.356 e. The molecule has 0 saturated heterocycles. The van der Waals surface area contributed by atoms with E-state index in [-0.39, 0.29) is 11.8 Å². The van der Waals surface area contributed by atoms with Crippen molar-refractivity contribution in [1.29, 1.82) is 0 Å². The number of nitrogens with one attached hydrogen (secondary N) is 2. The van der Waals surface area contributed by atoms with Crippen molar-refractivity contribution in [2.75, 3.05) is 26.2 Å². The predicted molar refractivity (Wildman–Crippen MR) is 86.4 cm³/mol. The smallest absolute Gasteiger partial charge is 0.221 e. The lowest BCUT2D eigenvalue weighted by Gasteiger charge is -2.28. The van der Waals surface area contributed by atoms with Crippen LogP contribution in [0.2, 0.25) is 0 Å². The Morgan fingerprint density at radius 2 is 1.91 bits per heavy atom. The van der Waals surface area contributed by atoms with Crippen molar-refractivity contribution in [3.63, 3.8) is 0 Å². The molecule has 2 N–H and O–H groups in total. The van der Waals surface area contributed by atoms with E-state index in [1.54, 1.807) is 0 Å². The van der Waals surface area contributed by atoms with Gasteiger partial charge in [0.15, 0.2) is 0 Å². The van der Waals surface area contributed by atoms with Gasteiger partial charge in [-0.05, 0) is 24.0 Å². The highest BCUT2D eigenvalue weighted by molar-refractivity contribution is 5.77. The Kier molecular flexibility index (Phi) is 6.40. The number of rotatable bonds is 7. The minimum atomic E-state index is -0.0989. The first-order chi connectivity index (χ1) is 10.6. The molecule has 0 aliphatic carbocycles. The van der Waals surface area contributed by atoms with E-state index in [4.69, 9.17) is 0 Å². The molecule has 1 heterocycles. The second-order valence-electron chi connectivity index (χ2n) is 5.73. The van der Waals surface area contributed by atoms with Gasteiger partial charge >= 0.3 is 0 Å². The minimum absolute atomic E-state index is 0.00209. The van der Waals surface area contributed by atoms with Gasteiger partial charge in [-0.3, -0.25) is 14.5 Å². The third-order valence-electron chi connectivity index (χ3n) is 3.91. The fourth-order valence-corrected chi connectivity index (χ4v) is 2.72. The maximum atomic E-state index is 11.6. The molecule has 22 heavy (non-hydrogen) atoms. The highest BCUT2D eigenvalue weighted by Gasteiger charge is 2.14. The first-order valence-electron chi connectivity index (χ1n) is 7.95. The molecule has 120 valence electrons. The van der Waals surface area contributed by atoms with Gasteiger partial charge in [0, 0.05) is 46.1 Å². The standard InChI is InChI=1S/C17H25N3O2/c1-14(21)18-10-7-17(22)19-9-4-11-20-12-8-15-5-2-3-6-16(15)13-20/h2-3,5-6H,4,7-13H2,1H3,(H,18,21)(H,19,22). The zero-order valence-electron chi connectivity index (χ0n) is 13.2. The van der Waals surface area contributed by atoms with E-state index >= 15 is 0 Å². The summed E-state index contributed by atoms with van der Waals surface area (Å²) < 4.78 is 0. The number of hydrogen-bond acceptors (Lipinski definition) is 3. The van der Waals surface area contributed by atoms with Crippen LogP contribution in [0.5, 0.6) is 0 Å². The number of nitrogens with zero attached hydrogens (tertiary/aromatic N) is 1. The first kappa shape index (κ1) is 16.5. The molecular weight excluding hydrogens is 278 g/mol. The van der Waals surface area contributed by atoms with E-state index in [9.17, 15) is 9.59 Å². The summed E-state index contributed by atoms with van der Waals surface area (Å²) in [6.45, 7) is 5.65. The lowest BCUT2D eigenvalue weighted by molar-refractivity contribution is -0.121. The van der Waals surface area contributed by atoms with Gasteiger partial charge in [0.05, 0.1) is 0 Å². The Balaban J connectivity index is 1.58. The molecule has 5 heteroatoms. The third-order valence-corrected chi connectivity index (χ3v) is 3.91. The molecule has 2 rings (SSSR count). The van der Waals surface area contributed by atoms with E-state index in [0.717, 1.165) is 32.5 Å². The second kappa shape index (κ2) is 8.54. The van der Waals surface area contributed by atoms with Gasteiger partial charge in [0.1, 0.15) is 0 Å². The van der Waals surface area contributed by atoms with Crippen LogP contribution in [0, 0.1) is 0 Å². The molecule has 1 aliphatic rings. The molecule has 2 amide bonds. The van der Waals surface area contributed by atoms with Gasteiger partial charge in [-0.25, -0.2) is 0 Å². The summed E-state index contributed by atoms with van der Waals surface area (Å²) in [7, 11) is 0. The normalized spacial score (nSPS) is 14.2. The molecule has 0 atom stereocenters. The van der Waals surface area contributed by atoms with Crippen LogP contribution < -0.4 is 10.6 Å². The molecule has 5 nitrogen and oxygen atoms in total. The van der Waals surface area contributed by atoms with Crippen LogP contribution in [0.15, 0.2) is 24.3 Å². The Morgan fingerprint density at radius 1 is 1.14 bits per heavy atom. The van der Waals surface area contributed by atoms with Crippen molar-refractivity contribution >= 4 is 11.8 Å². The molecule has 0 unspecified atom stereocenters. The molecule has 0 spiro atoms. The van der Waals surface area contributed by atoms with Gasteiger partial charge < -0.3 is 10.6 Å². The van der Waals surface area contributed by atoms with E-state index in [2.05, 4.69) is 39.8 Å². The summed E-state index contributed by atoms with van der Waals surface area (Å²) in [5, 5.41) is 5.52. The van der Waals surface area contributed by atoms with E-state index in [1.165, 1.54) is 18.1 Å². The average molecular weight is 303 g/mol. The topological polar surface area (TPSA) is 61.4 Å². The first-order valence-corrected chi connectivity index (χ1v) is 7.95. The summed E-state index contributed by atoms with van der Waals surface area (Å²) in [6, 6.07) is 8.61. The molecule has 1 aromatic carbocycles. The van der Waals surface area contributed by atoms with Gasteiger partial charge in [-0.1, -0.05) is 24.3 Å². The van der Waals surface area contributed by atoms with Gasteiger partial charge in [-0.15, -0.1) is 0 Å². The van der Waals surface area contributed by atoms with Crippen LogP contribution in [0.3, 0.4) is 0 Å². The van der Waals surface area contributed by atoms with Crippen molar-refractivity contribution in [2.24, 2.45) is 0 Å². The van der Waals surface area contributed by atoms with E-state index in [0.29, 0.717) is 19.5 Å². The van der Waals surface area contributed by atoms with Gasteiger partial charge in [0.25, 0.3) is 0 Å². The zero-order valence-corrected chi connectivity index (χ0v) is 13.2. The van der Waals surface area contributed by atoms with E-state index < -0.39 is 0 Å². The van der Waals surface area contributed by atoms with Crippen molar-refractivity contribution in [2.45, 2.75) is 32.7 Å². The summed E-state index contributed by atoms with van der Waals surface area (Å²) in [5.74, 6) is -0.101. The van der Waals surface area contributed by atoms with Crippen LogP contribution >= 0.6 is 0 Å². The SMILES string of the molecule is CC(=O)NCCC(=O)NCCCN1CCc2ccccc2C1. The highest BCUT2D eigenvalue weighted by atomic mass is 16.2. The average Bonchev–Trinajstić information content (AvgIpc) is 2.51. The molecule has 0 aromatic heterocycles. The largest absolute Gasteiger partial charge is 0.356 e. The highest BCUT2D eigenvalue weighted by Crippen LogP contribution is 2.18. The predicted octanol–water partition coefficient (Wildman–Crippen LogP) is 1.08. The maximum Gasteiger partial charge on any atom is 0.221 e. The third kappa shape index (κ3) is 5.48. The summed E-state index contributed by atoms with van der Waals surface area (Å²) in [6.07, 6.45) is 2.41. The number of hydrogen-bond donors (Lipinski definition) is 2. The molecule has 1 aliphatic heterocycles. The molecule has 0 fully saturated rings. The summed E-state index contributed by atoms with van der Waals surface area (Å²) >= 11 is 0. The molecule has 0 radical (unpaired) electrons. The van der Waals surface area contributed by atoms with Crippen LogP contribution in [0.25, 0.3) is 0 Å². The van der Waals surface area contributed by atoms with Crippen molar-refractivity contribution in [1.82, 2.24) is 15.5 Å². The van der Waals surface area contributed by atoms with Crippen LogP contribution in [0.4, 0.5) is 0 Å². The lowest BCUT2D eigenvalue weighted by atomic mass is 10.00. The molecule has 0 bridgehead atoms. The van der Waals surface area contributed by atoms with Gasteiger partial charge in [-0.2, -0.15) is 0 Å². The fraction of sp³-hybridized carbons (Fsp3) is 0.529. The number of amides is 2. The van der Waals surface area contributed by atoms with Crippen LogP contribution in [0.1, 0.15) is 30.9 Å². The van der Waals surface area contributed by atoms with Crippen molar-refractivity contribution < 1.29 is 9.59 Å². The monoisotopic (exact) mass is 303 g/mol. The second-order valence-corrected chi connectivity index (χ2v) is 5.73. The number of fused-ring (bicyclic) bond motifs is 1. The van der Waals surface area contributed by atoms with Crippen LogP contribution in [-0.4, -0.2) is 42.9 Å². The quantitative estimate of drug-likeness (QED) is 0.741. The Bertz CT molecular complexity index is 516. The molecular formula is C17H25N3O2.